The Hall–Kier alpha value is -15.3. The van der Waals surface area contributed by atoms with Crippen molar-refractivity contribution in [3.63, 3.8) is 0 Å². The van der Waals surface area contributed by atoms with Crippen LogP contribution in [0, 0.1) is 5.92 Å². The minimum absolute atomic E-state index is 0. The summed E-state index contributed by atoms with van der Waals surface area (Å²) < 4.78 is 11.9. The highest BCUT2D eigenvalue weighted by Gasteiger charge is 2.26. The number of carboxylic acid groups (broad SMARTS) is 1. The van der Waals surface area contributed by atoms with Crippen LogP contribution < -0.4 is 10.6 Å². The van der Waals surface area contributed by atoms with E-state index in [1.165, 1.54) is 121 Å². The summed E-state index contributed by atoms with van der Waals surface area (Å²) >= 11 is 0. The van der Waals surface area contributed by atoms with E-state index in [4.69, 9.17) is 13.9 Å². The van der Waals surface area contributed by atoms with Crippen LogP contribution in [0.25, 0.3) is 88.0 Å². The summed E-state index contributed by atoms with van der Waals surface area (Å²) in [5.74, 6) is 0.245. The Morgan fingerprint density at radius 2 is 0.885 bits per heavy atom. The number of aliphatic carboxylic acids is 1. The van der Waals surface area contributed by atoms with Crippen molar-refractivity contribution in [3.8, 4) is 33.5 Å². The molecule has 15 nitrogen and oxygen atoms in total. The summed E-state index contributed by atoms with van der Waals surface area (Å²) in [7, 11) is 1.86. The fraction of sp³-hybridized carbons (Fsp3) is 0.157. The highest BCUT2D eigenvalue weighted by atomic mass is 16.4. The van der Waals surface area contributed by atoms with E-state index in [0.717, 1.165) is 79.5 Å². The van der Waals surface area contributed by atoms with E-state index in [9.17, 15) is 4.79 Å². The van der Waals surface area contributed by atoms with Crippen molar-refractivity contribution in [1.82, 2.24) is 50.5 Å². The molecule has 20 aromatic rings. The summed E-state index contributed by atoms with van der Waals surface area (Å²) in [4.78, 5) is 32.2. The van der Waals surface area contributed by atoms with Crippen LogP contribution >= 0.6 is 0 Å². The number of hydrogen-bond acceptors (Lipinski definition) is 11. The molecule has 130 heavy (non-hydrogen) atoms. The SMILES string of the molecule is C.C1=Nc2ccccc2C1.C1CCC2NCCCC2C1.C1CCNCC1.Cn1cc(-c2ccccc2)nn1.O=C(O)Cc1ccc(-c2ccccc2)cc1.c1c[nH]cn1.c1ccc(-c2ccccc2)cc1.c1ccc2[nH]ccc2c1.c1ccc2ccccc2c1.c1ccc2ncccc2c1.c1ccc2occc2c1.c1ccc2occc2c1.c1ccccc1.c1ccncc1. The molecule has 2 atom stereocenters. The van der Waals surface area contributed by atoms with Gasteiger partial charge in [-0.25, -0.2) is 4.98 Å². The Morgan fingerprint density at radius 1 is 0.408 bits per heavy atom. The molecule has 0 amide bonds. The van der Waals surface area contributed by atoms with Gasteiger partial charge in [-0.15, -0.1) is 5.10 Å². The van der Waals surface area contributed by atoms with Gasteiger partial charge in [-0.05, 0) is 180 Å². The van der Waals surface area contributed by atoms with Gasteiger partial charge >= 0.3 is 5.97 Å². The van der Waals surface area contributed by atoms with Crippen LogP contribution in [0.2, 0.25) is 0 Å². The molecule has 3 aliphatic heterocycles. The molecule has 10 heterocycles. The largest absolute Gasteiger partial charge is 0.481 e. The Morgan fingerprint density at radius 3 is 1.35 bits per heavy atom. The first-order valence-corrected chi connectivity index (χ1v) is 44.2. The van der Waals surface area contributed by atoms with E-state index >= 15 is 0 Å². The van der Waals surface area contributed by atoms with Gasteiger partial charge < -0.3 is 34.5 Å². The van der Waals surface area contributed by atoms with Crippen LogP contribution in [0.15, 0.2) is 476 Å². The molecule has 0 spiro atoms. The van der Waals surface area contributed by atoms with E-state index < -0.39 is 5.97 Å². The predicted octanol–water partition coefficient (Wildman–Crippen LogP) is 28.4. The first kappa shape index (κ1) is 96.9. The number of fused-ring (bicyclic) bond motifs is 7. The van der Waals surface area contributed by atoms with Crippen LogP contribution in [0.1, 0.15) is 76.3 Å². The fourth-order valence-electron chi connectivity index (χ4n) is 14.2. The van der Waals surface area contributed by atoms with Gasteiger partial charge in [0, 0.05) is 90.1 Å². The van der Waals surface area contributed by atoms with Crippen LogP contribution in [-0.2, 0) is 24.7 Å². The Bertz CT molecular complexity index is 5660. The monoisotopic (exact) mass is 1720 g/mol. The van der Waals surface area contributed by atoms with Crippen molar-refractivity contribution < 1.29 is 18.7 Å². The zero-order valence-electron chi connectivity index (χ0n) is 73.3. The van der Waals surface area contributed by atoms with E-state index in [2.05, 4.69) is 184 Å². The third kappa shape index (κ3) is 36.3. The van der Waals surface area contributed by atoms with Crippen LogP contribution in [0.5, 0.6) is 0 Å². The maximum atomic E-state index is 10.5. The first-order valence-electron chi connectivity index (χ1n) is 44.2. The van der Waals surface area contributed by atoms with Crippen LogP contribution in [-0.4, -0.2) is 82.9 Å². The number of pyridine rings is 2. The van der Waals surface area contributed by atoms with Gasteiger partial charge in [-0.3, -0.25) is 24.4 Å². The van der Waals surface area contributed by atoms with Crippen LogP contribution in [0.3, 0.4) is 0 Å². The normalized spacial score (nSPS) is 13.0. The second-order valence-corrected chi connectivity index (χ2v) is 30.2. The van der Waals surface area contributed by atoms with Crippen molar-refractivity contribution in [2.24, 2.45) is 18.0 Å². The molecule has 13 aromatic carbocycles. The lowest BCUT2D eigenvalue weighted by Crippen LogP contribution is -2.42. The number of nitrogens with one attached hydrogen (secondary N) is 4. The number of para-hydroxylation sites is 5. The predicted molar refractivity (Wildman–Crippen MR) is 542 cm³/mol. The van der Waals surface area contributed by atoms with Crippen molar-refractivity contribution in [2.45, 2.75) is 84.1 Å². The quantitative estimate of drug-likeness (QED) is 0.110. The average molecular weight is 1720 g/mol. The molecule has 0 radical (unpaired) electrons. The maximum Gasteiger partial charge on any atom is 0.307 e. The number of carbonyl (C=O) groups is 1. The van der Waals surface area contributed by atoms with Crippen molar-refractivity contribution in [2.75, 3.05) is 19.6 Å². The van der Waals surface area contributed by atoms with Gasteiger partial charge in [-0.1, -0.05) is 366 Å². The molecule has 3 fully saturated rings. The van der Waals surface area contributed by atoms with Gasteiger partial charge in [0.15, 0.2) is 0 Å². The third-order valence-corrected chi connectivity index (χ3v) is 20.8. The smallest absolute Gasteiger partial charge is 0.307 e. The average Bonchev–Trinajstić information content (AvgIpc) is 1.70. The molecule has 2 unspecified atom stereocenters. The number of H-pyrrole nitrogens is 2. The van der Waals surface area contributed by atoms with Gasteiger partial charge in [0.1, 0.15) is 16.9 Å². The van der Waals surface area contributed by atoms with Crippen molar-refractivity contribution >= 4 is 72.4 Å². The van der Waals surface area contributed by atoms with Gasteiger partial charge in [-0.2, -0.15) is 0 Å². The molecular formula is C115H119N11O4. The molecule has 2 saturated heterocycles. The summed E-state index contributed by atoms with van der Waals surface area (Å²) in [6.45, 7) is 3.78. The second-order valence-electron chi connectivity index (χ2n) is 30.2. The molecule has 4 aliphatic rings. The number of aromatic nitrogens is 8. The topological polar surface area (TPSA) is 201 Å². The summed E-state index contributed by atoms with van der Waals surface area (Å²) in [5.41, 5.74) is 14.3. The van der Waals surface area contributed by atoms with Crippen molar-refractivity contribution in [3.05, 3.63) is 474 Å². The molecule has 0 bridgehead atoms. The van der Waals surface area contributed by atoms with E-state index in [1.54, 1.807) is 48.3 Å². The highest BCUT2D eigenvalue weighted by molar-refractivity contribution is 5.83. The molecular weight excluding hydrogens is 1600 g/mol. The zero-order chi connectivity index (χ0) is 89.1. The number of hydrogen-bond donors (Lipinski definition) is 5. The fourth-order valence-corrected chi connectivity index (χ4v) is 14.2. The van der Waals surface area contributed by atoms with Crippen LogP contribution in [0.4, 0.5) is 5.69 Å². The molecule has 5 N–H and O–H groups in total. The third-order valence-electron chi connectivity index (χ3n) is 20.8. The lowest BCUT2D eigenvalue weighted by Gasteiger charge is -2.36. The van der Waals surface area contributed by atoms with Gasteiger partial charge in [0.2, 0.25) is 0 Å². The Kier molecular flexibility index (Phi) is 43.9. The molecule has 24 rings (SSSR count). The number of nitrogens with zero attached hydrogens (tertiary/aromatic N) is 7. The van der Waals surface area contributed by atoms with E-state index in [1.807, 2.05) is 299 Å². The minimum Gasteiger partial charge on any atom is -0.481 e. The van der Waals surface area contributed by atoms with E-state index in [0.29, 0.717) is 0 Å². The minimum atomic E-state index is -0.799. The number of aromatic amines is 2. The number of benzene rings is 13. The number of furan rings is 2. The molecule has 1 aliphatic carbocycles. The van der Waals surface area contributed by atoms with E-state index in [-0.39, 0.29) is 13.8 Å². The number of carboxylic acids is 1. The number of piperidine rings is 2. The lowest BCUT2D eigenvalue weighted by atomic mass is 9.80. The summed E-state index contributed by atoms with van der Waals surface area (Å²) in [5, 5.41) is 30.8. The van der Waals surface area contributed by atoms with Gasteiger partial charge in [0.25, 0.3) is 0 Å². The standard InChI is InChI=1S/C14H12O2.C12H10.C10H8.C9H9N3.C9H17N.C9H7N.2C8H7N.2C8H6O.C6H6.C5H11N.C5H5N.C3H4N2.CH4/c15-14(16)10-11-6-8-13(9-7-11)12-4-2-1-3-5-12;1-3-7-11(8-4-1)12-9-5-2-6-10-12;1-2-6-10-8-4-3-7-9(10)5-1;1-12-7-9(10-11-12)8-5-3-2-4-6-8;2*1-2-6-9-8(4-1)5-3-7-10-9;4*1-2-4-8-7(3-1)5-6-9-8;3*1-2-4-6-5-3-1;1-2-5-3-4-1;/h1-9H,10H2,(H,15,16);1-10H;1-8H;2-7H,1H3;8-10H,1-7H2;1-7H;1-4,6H,5H2;1-6,9H;2*1-6H;1-6H;6H,1-5H2;1-5H;1-3H,(H,4,5);1H4. The summed E-state index contributed by atoms with van der Waals surface area (Å²) in [6, 6.07) is 134. The number of imidazole rings is 1. The number of aryl methyl sites for hydroxylation is 1. The molecule has 7 aromatic heterocycles. The number of rotatable bonds is 5. The molecule has 1 saturated carbocycles. The van der Waals surface area contributed by atoms with Gasteiger partial charge in [0.05, 0.1) is 42.7 Å². The van der Waals surface area contributed by atoms with Crippen molar-refractivity contribution in [1.29, 1.82) is 0 Å². The Labute approximate surface area is 765 Å². The first-order chi connectivity index (χ1) is 63.8. The highest BCUT2D eigenvalue weighted by Crippen LogP contribution is 2.31. The Balaban J connectivity index is 0.000000147. The zero-order valence-corrected chi connectivity index (χ0v) is 73.3. The maximum absolute atomic E-state index is 10.5. The number of aliphatic imine (C=N–C) groups is 1. The molecule has 658 valence electrons. The summed E-state index contributed by atoms with van der Waals surface area (Å²) in [6.07, 6.45) is 33.7. The lowest BCUT2D eigenvalue weighted by molar-refractivity contribution is -0.136. The second kappa shape index (κ2) is 58.8. The molecule has 15 heteroatoms.